The molecule has 10 unspecified atom stereocenters. The molecule has 0 bridgehead atoms. The Hall–Kier alpha value is -3.04. The maximum atomic E-state index is 12.1. The molecule has 2 aliphatic heterocycles. The third kappa shape index (κ3) is 5.54. The molecule has 2 heterocycles. The molecule has 7 N–H and O–H groups in total. The highest BCUT2D eigenvalue weighted by Gasteiger charge is 2.59. The Balaban J connectivity index is 1.43. The Kier molecular flexibility index (Phi) is 8.09. The van der Waals surface area contributed by atoms with Gasteiger partial charge in [-0.25, -0.2) is 9.59 Å². The SMILES string of the molecule is CC1(O)C(O)CC2C(C(=O)O)=COC(OC3OC(COC(=O)/C=C/c4ccc(O)cc4)C(O)C(O)C3O)C21. The first-order valence-corrected chi connectivity index (χ1v) is 11.9. The molecule has 0 aromatic heterocycles. The Morgan fingerprint density at radius 1 is 1.08 bits per heavy atom. The molecular formula is C25H30O13. The van der Waals surface area contributed by atoms with Crippen LogP contribution in [-0.2, 0) is 28.5 Å². The first-order valence-electron chi connectivity index (χ1n) is 11.9. The number of fused-ring (bicyclic) bond motifs is 1. The number of esters is 1. The van der Waals surface area contributed by atoms with Gasteiger partial charge >= 0.3 is 11.9 Å². The second kappa shape index (κ2) is 11.0. The normalized spacial score (nSPS) is 38.8. The van der Waals surface area contributed by atoms with E-state index in [1.807, 2.05) is 0 Å². The van der Waals surface area contributed by atoms with Crippen LogP contribution in [0.4, 0.5) is 0 Å². The van der Waals surface area contributed by atoms with Crippen LogP contribution in [0.2, 0.25) is 0 Å². The molecule has 1 aromatic rings. The van der Waals surface area contributed by atoms with Gasteiger partial charge in [0, 0.05) is 12.0 Å². The summed E-state index contributed by atoms with van der Waals surface area (Å²) in [6.07, 6.45) is -7.47. The van der Waals surface area contributed by atoms with E-state index in [1.165, 1.54) is 25.1 Å². The zero-order valence-corrected chi connectivity index (χ0v) is 20.2. The highest BCUT2D eigenvalue weighted by atomic mass is 16.8. The highest BCUT2D eigenvalue weighted by Crippen LogP contribution is 2.49. The number of aliphatic hydroxyl groups is 5. The molecule has 13 nitrogen and oxygen atoms in total. The van der Waals surface area contributed by atoms with Crippen LogP contribution < -0.4 is 0 Å². The van der Waals surface area contributed by atoms with Gasteiger partial charge in [0.05, 0.1) is 29.5 Å². The number of phenolic OH excluding ortho intramolecular Hbond substituents is 1. The summed E-state index contributed by atoms with van der Waals surface area (Å²) in [5.41, 5.74) is -1.38. The standard InChI is InChI=1S/C25H30O13/c1-25(34)16(27)8-13-14(22(32)33)9-36-23(18(13)25)38-24-21(31)20(30)19(29)15(37-24)10-35-17(28)7-4-11-2-5-12(26)6-3-11/h2-7,9,13,15-16,18-21,23-24,26-27,29-31,34H,8,10H2,1H3,(H,32,33)/b7-4+. The number of aromatic hydroxyl groups is 1. The van der Waals surface area contributed by atoms with E-state index in [1.54, 1.807) is 12.1 Å². The number of carbonyl (C=O) groups excluding carboxylic acids is 1. The van der Waals surface area contributed by atoms with Crippen LogP contribution in [0.1, 0.15) is 18.9 Å². The minimum atomic E-state index is -1.82. The Morgan fingerprint density at radius 2 is 1.76 bits per heavy atom. The van der Waals surface area contributed by atoms with Crippen molar-refractivity contribution in [2.24, 2.45) is 11.8 Å². The Bertz CT molecular complexity index is 1080. The van der Waals surface area contributed by atoms with Crippen molar-refractivity contribution in [2.75, 3.05) is 6.61 Å². The van der Waals surface area contributed by atoms with Crippen LogP contribution >= 0.6 is 0 Å². The van der Waals surface area contributed by atoms with Crippen LogP contribution in [0.3, 0.4) is 0 Å². The number of carbonyl (C=O) groups is 2. The maximum absolute atomic E-state index is 12.1. The first-order chi connectivity index (χ1) is 17.9. The van der Waals surface area contributed by atoms with Crippen molar-refractivity contribution in [1.29, 1.82) is 0 Å². The van der Waals surface area contributed by atoms with Gasteiger partial charge in [0.2, 0.25) is 6.29 Å². The van der Waals surface area contributed by atoms with Gasteiger partial charge in [-0.2, -0.15) is 0 Å². The van der Waals surface area contributed by atoms with E-state index in [-0.39, 0.29) is 17.7 Å². The lowest BCUT2D eigenvalue weighted by atomic mass is 9.81. The van der Waals surface area contributed by atoms with Crippen LogP contribution in [0, 0.1) is 11.8 Å². The molecule has 208 valence electrons. The van der Waals surface area contributed by atoms with Gasteiger partial charge in [0.1, 0.15) is 36.8 Å². The smallest absolute Gasteiger partial charge is 0.334 e. The highest BCUT2D eigenvalue weighted by molar-refractivity contribution is 5.87. The number of benzene rings is 1. The van der Waals surface area contributed by atoms with Gasteiger partial charge < -0.3 is 54.7 Å². The monoisotopic (exact) mass is 538 g/mol. The van der Waals surface area contributed by atoms with Crippen LogP contribution in [0.25, 0.3) is 6.08 Å². The number of ether oxygens (including phenoxy) is 4. The molecule has 1 aromatic carbocycles. The number of hydrogen-bond donors (Lipinski definition) is 7. The minimum Gasteiger partial charge on any atom is -0.508 e. The molecule has 38 heavy (non-hydrogen) atoms. The summed E-state index contributed by atoms with van der Waals surface area (Å²) < 4.78 is 21.7. The lowest BCUT2D eigenvalue weighted by molar-refractivity contribution is -0.347. The van der Waals surface area contributed by atoms with Gasteiger partial charge in [-0.05, 0) is 37.1 Å². The second-order valence-corrected chi connectivity index (χ2v) is 9.70. The van der Waals surface area contributed by atoms with Crippen LogP contribution in [0.5, 0.6) is 5.75 Å². The van der Waals surface area contributed by atoms with Gasteiger partial charge in [-0.3, -0.25) is 0 Å². The number of carboxylic acid groups (broad SMARTS) is 1. The number of carboxylic acids is 1. The van der Waals surface area contributed by atoms with Crippen LogP contribution in [0.15, 0.2) is 42.2 Å². The molecule has 2 fully saturated rings. The lowest BCUT2D eigenvalue weighted by Crippen LogP contribution is -2.61. The molecule has 1 saturated heterocycles. The molecule has 10 atom stereocenters. The van der Waals surface area contributed by atoms with Gasteiger partial charge in [-0.1, -0.05) is 12.1 Å². The Morgan fingerprint density at radius 3 is 2.42 bits per heavy atom. The fourth-order valence-corrected chi connectivity index (χ4v) is 4.94. The number of phenols is 1. The van der Waals surface area contributed by atoms with E-state index in [0.29, 0.717) is 5.56 Å². The minimum absolute atomic E-state index is 0.0610. The van der Waals surface area contributed by atoms with Gasteiger partial charge in [-0.15, -0.1) is 0 Å². The fraction of sp³-hybridized carbons (Fsp3) is 0.520. The maximum Gasteiger partial charge on any atom is 0.334 e. The van der Waals surface area contributed by atoms with Gasteiger partial charge in [0.25, 0.3) is 0 Å². The number of aliphatic hydroxyl groups excluding tert-OH is 4. The van der Waals surface area contributed by atoms with Crippen molar-refractivity contribution >= 4 is 18.0 Å². The number of rotatable bonds is 7. The van der Waals surface area contributed by atoms with E-state index in [0.717, 1.165) is 12.3 Å². The molecule has 3 aliphatic rings. The van der Waals surface area contributed by atoms with Crippen LogP contribution in [-0.4, -0.2) is 103 Å². The largest absolute Gasteiger partial charge is 0.508 e. The van der Waals surface area contributed by atoms with E-state index in [9.17, 15) is 45.3 Å². The topological polar surface area (TPSA) is 213 Å². The molecule has 13 heteroatoms. The van der Waals surface area contributed by atoms with E-state index in [4.69, 9.17) is 18.9 Å². The predicted molar refractivity (Wildman–Crippen MR) is 125 cm³/mol. The zero-order chi connectivity index (χ0) is 27.8. The molecular weight excluding hydrogens is 508 g/mol. The lowest BCUT2D eigenvalue weighted by Gasteiger charge is -2.44. The van der Waals surface area contributed by atoms with Crippen molar-refractivity contribution in [3.8, 4) is 5.75 Å². The summed E-state index contributed by atoms with van der Waals surface area (Å²) in [6, 6.07) is 6.01. The molecule has 0 spiro atoms. The summed E-state index contributed by atoms with van der Waals surface area (Å²) in [4.78, 5) is 23.7. The molecule has 4 rings (SSSR count). The van der Waals surface area contributed by atoms with E-state index >= 15 is 0 Å². The van der Waals surface area contributed by atoms with Crippen molar-refractivity contribution in [3.05, 3.63) is 47.7 Å². The third-order valence-electron chi connectivity index (χ3n) is 7.16. The number of aliphatic carboxylic acids is 1. The Labute approximate surface area is 216 Å². The molecule has 1 saturated carbocycles. The predicted octanol–water partition coefficient (Wildman–Crippen LogP) is -1.15. The fourth-order valence-electron chi connectivity index (χ4n) is 4.94. The van der Waals surface area contributed by atoms with E-state index < -0.39 is 79.1 Å². The summed E-state index contributed by atoms with van der Waals surface area (Å²) in [5, 5.41) is 71.1. The van der Waals surface area contributed by atoms with E-state index in [2.05, 4.69) is 0 Å². The third-order valence-corrected chi connectivity index (χ3v) is 7.16. The van der Waals surface area contributed by atoms with Crippen molar-refractivity contribution in [1.82, 2.24) is 0 Å². The number of hydrogen-bond acceptors (Lipinski definition) is 12. The van der Waals surface area contributed by atoms with Gasteiger partial charge in [0.15, 0.2) is 6.29 Å². The summed E-state index contributed by atoms with van der Waals surface area (Å²) in [6.45, 7) is 0.776. The second-order valence-electron chi connectivity index (χ2n) is 9.70. The summed E-state index contributed by atoms with van der Waals surface area (Å²) >= 11 is 0. The average molecular weight is 539 g/mol. The van der Waals surface area contributed by atoms with Crippen molar-refractivity contribution in [2.45, 2.75) is 62.0 Å². The van der Waals surface area contributed by atoms with Crippen molar-refractivity contribution < 1.29 is 64.3 Å². The summed E-state index contributed by atoms with van der Waals surface area (Å²) in [5.74, 6) is -3.95. The first kappa shape index (κ1) is 28.0. The molecule has 1 aliphatic carbocycles. The quantitative estimate of drug-likeness (QED) is 0.161. The molecule has 0 radical (unpaired) electrons. The van der Waals surface area contributed by atoms with Crippen molar-refractivity contribution in [3.63, 3.8) is 0 Å². The average Bonchev–Trinajstić information content (AvgIpc) is 3.11. The molecule has 0 amide bonds. The summed E-state index contributed by atoms with van der Waals surface area (Å²) in [7, 11) is 0. The zero-order valence-electron chi connectivity index (χ0n) is 20.2.